The molecule has 0 spiro atoms. The Morgan fingerprint density at radius 1 is 1.20 bits per heavy atom. The lowest BCUT2D eigenvalue weighted by Gasteiger charge is -2.15. The molecule has 0 aliphatic rings. The summed E-state index contributed by atoms with van der Waals surface area (Å²) in [6, 6.07) is 15.4. The Labute approximate surface area is 117 Å². The van der Waals surface area contributed by atoms with Crippen LogP contribution in [0.5, 0.6) is 5.75 Å². The molecule has 2 rings (SSSR count). The molecule has 2 aromatic rings. The molecule has 1 unspecified atom stereocenters. The van der Waals surface area contributed by atoms with Crippen molar-refractivity contribution in [2.24, 2.45) is 0 Å². The molecule has 102 valence electrons. The molecule has 0 aromatic heterocycles. The summed E-state index contributed by atoms with van der Waals surface area (Å²) in [5, 5.41) is 12.3. The predicted octanol–water partition coefficient (Wildman–Crippen LogP) is 3.19. The Bertz CT molecular complexity index is 622. The average molecular weight is 270 g/mol. The highest BCUT2D eigenvalue weighted by Gasteiger charge is 2.15. The number of nitrogens with zero attached hydrogens (tertiary/aromatic N) is 1. The Hall–Kier alpha value is -2.38. The maximum absolute atomic E-state index is 13.5. The summed E-state index contributed by atoms with van der Waals surface area (Å²) < 4.78 is 18.8. The zero-order chi connectivity index (χ0) is 14.4. The second-order valence-electron chi connectivity index (χ2n) is 4.28. The van der Waals surface area contributed by atoms with Gasteiger partial charge in [0.1, 0.15) is 17.6 Å². The smallest absolute Gasteiger partial charge is 0.127 e. The van der Waals surface area contributed by atoms with E-state index in [-0.39, 0.29) is 12.4 Å². The molecule has 20 heavy (non-hydrogen) atoms. The van der Waals surface area contributed by atoms with E-state index in [1.54, 1.807) is 31.4 Å². The largest absolute Gasteiger partial charge is 0.496 e. The summed E-state index contributed by atoms with van der Waals surface area (Å²) in [6.07, 6.45) is 0. The molecular weight excluding hydrogens is 255 g/mol. The first-order chi connectivity index (χ1) is 9.76. The first-order valence-corrected chi connectivity index (χ1v) is 6.25. The van der Waals surface area contributed by atoms with E-state index < -0.39 is 6.04 Å². The van der Waals surface area contributed by atoms with Gasteiger partial charge in [-0.05, 0) is 12.1 Å². The summed E-state index contributed by atoms with van der Waals surface area (Å²) in [4.78, 5) is 0. The quantitative estimate of drug-likeness (QED) is 0.907. The van der Waals surface area contributed by atoms with Gasteiger partial charge >= 0.3 is 0 Å². The van der Waals surface area contributed by atoms with Crippen LogP contribution in [0.25, 0.3) is 0 Å². The topological polar surface area (TPSA) is 45.0 Å². The molecule has 0 saturated carbocycles. The van der Waals surface area contributed by atoms with Crippen molar-refractivity contribution in [2.45, 2.75) is 12.6 Å². The number of hydrogen-bond acceptors (Lipinski definition) is 3. The number of ether oxygens (including phenoxy) is 1. The molecule has 4 heteroatoms. The Morgan fingerprint density at radius 2 is 1.90 bits per heavy atom. The van der Waals surface area contributed by atoms with E-state index in [1.807, 2.05) is 18.2 Å². The van der Waals surface area contributed by atoms with Crippen molar-refractivity contribution in [3.63, 3.8) is 0 Å². The third-order valence-electron chi connectivity index (χ3n) is 3.03. The molecule has 0 bridgehead atoms. The van der Waals surface area contributed by atoms with Gasteiger partial charge in [-0.1, -0.05) is 36.4 Å². The minimum Gasteiger partial charge on any atom is -0.496 e. The highest BCUT2D eigenvalue weighted by atomic mass is 19.1. The lowest BCUT2D eigenvalue weighted by Crippen LogP contribution is -2.20. The number of halogens is 1. The van der Waals surface area contributed by atoms with Crippen LogP contribution in [0.4, 0.5) is 4.39 Å². The fourth-order valence-corrected chi connectivity index (χ4v) is 1.98. The number of nitrogens with one attached hydrogen (secondary N) is 1. The molecule has 1 N–H and O–H groups in total. The van der Waals surface area contributed by atoms with Crippen molar-refractivity contribution in [1.82, 2.24) is 5.32 Å². The Morgan fingerprint density at radius 3 is 2.60 bits per heavy atom. The molecule has 0 aliphatic carbocycles. The maximum Gasteiger partial charge on any atom is 0.127 e. The molecule has 0 amide bonds. The minimum atomic E-state index is -0.550. The number of rotatable bonds is 5. The summed E-state index contributed by atoms with van der Waals surface area (Å²) in [5.41, 5.74) is 1.27. The summed E-state index contributed by atoms with van der Waals surface area (Å²) in [6.45, 7) is 0.281. The van der Waals surface area contributed by atoms with Crippen molar-refractivity contribution in [1.29, 1.82) is 5.26 Å². The molecule has 2 aromatic carbocycles. The monoisotopic (exact) mass is 270 g/mol. The van der Waals surface area contributed by atoms with Crippen LogP contribution in [-0.2, 0) is 6.54 Å². The van der Waals surface area contributed by atoms with E-state index in [9.17, 15) is 9.65 Å². The molecule has 0 saturated heterocycles. The maximum atomic E-state index is 13.5. The van der Waals surface area contributed by atoms with Crippen molar-refractivity contribution >= 4 is 0 Å². The van der Waals surface area contributed by atoms with Gasteiger partial charge in [-0.3, -0.25) is 5.32 Å². The van der Waals surface area contributed by atoms with Gasteiger partial charge in [-0.25, -0.2) is 4.39 Å². The molecule has 3 nitrogen and oxygen atoms in total. The lowest BCUT2D eigenvalue weighted by molar-refractivity contribution is 0.405. The van der Waals surface area contributed by atoms with Crippen molar-refractivity contribution in [3.8, 4) is 11.8 Å². The summed E-state index contributed by atoms with van der Waals surface area (Å²) in [5.74, 6) is 0.358. The highest BCUT2D eigenvalue weighted by Crippen LogP contribution is 2.24. The number of nitriles is 1. The normalized spacial score (nSPS) is 11.7. The molecule has 0 aliphatic heterocycles. The van der Waals surface area contributed by atoms with Crippen LogP contribution in [0.1, 0.15) is 17.2 Å². The first kappa shape index (κ1) is 14.0. The van der Waals surface area contributed by atoms with Gasteiger partial charge in [0.2, 0.25) is 0 Å². The van der Waals surface area contributed by atoms with Crippen LogP contribution in [0.15, 0.2) is 48.5 Å². The van der Waals surface area contributed by atoms with Crippen molar-refractivity contribution in [2.75, 3.05) is 7.11 Å². The standard InChI is InChI=1S/C16H15FN2O/c1-20-16-9-5-3-7-13(16)15(10-18)19-11-12-6-2-4-8-14(12)17/h2-9,15,19H,11H2,1H3. The molecular formula is C16H15FN2O. The fourth-order valence-electron chi connectivity index (χ4n) is 1.98. The third kappa shape index (κ3) is 3.14. The zero-order valence-electron chi connectivity index (χ0n) is 11.1. The van der Waals surface area contributed by atoms with E-state index in [0.717, 1.165) is 5.56 Å². The number of hydrogen-bond donors (Lipinski definition) is 1. The average Bonchev–Trinajstić information content (AvgIpc) is 2.50. The number of para-hydroxylation sites is 1. The fraction of sp³-hybridized carbons (Fsp3) is 0.188. The lowest BCUT2D eigenvalue weighted by atomic mass is 10.1. The van der Waals surface area contributed by atoms with Crippen LogP contribution >= 0.6 is 0 Å². The van der Waals surface area contributed by atoms with Gasteiger partial charge in [0.25, 0.3) is 0 Å². The predicted molar refractivity (Wildman–Crippen MR) is 74.6 cm³/mol. The first-order valence-electron chi connectivity index (χ1n) is 6.25. The van der Waals surface area contributed by atoms with Crippen LogP contribution in [0.3, 0.4) is 0 Å². The second-order valence-corrected chi connectivity index (χ2v) is 4.28. The van der Waals surface area contributed by atoms with E-state index in [2.05, 4.69) is 11.4 Å². The van der Waals surface area contributed by atoms with E-state index in [1.165, 1.54) is 6.07 Å². The summed E-state index contributed by atoms with van der Waals surface area (Å²) in [7, 11) is 1.56. The van der Waals surface area contributed by atoms with Crippen LogP contribution < -0.4 is 10.1 Å². The second kappa shape index (κ2) is 6.69. The Balaban J connectivity index is 2.14. The minimum absolute atomic E-state index is 0.281. The molecule has 0 heterocycles. The van der Waals surface area contributed by atoms with E-state index >= 15 is 0 Å². The Kier molecular flexibility index (Phi) is 4.70. The molecule has 0 fully saturated rings. The van der Waals surface area contributed by atoms with Crippen LogP contribution in [0.2, 0.25) is 0 Å². The van der Waals surface area contributed by atoms with Gasteiger partial charge in [0.15, 0.2) is 0 Å². The van der Waals surface area contributed by atoms with E-state index in [0.29, 0.717) is 11.3 Å². The van der Waals surface area contributed by atoms with Gasteiger partial charge in [-0.15, -0.1) is 0 Å². The number of benzene rings is 2. The van der Waals surface area contributed by atoms with Gasteiger partial charge in [-0.2, -0.15) is 5.26 Å². The summed E-state index contributed by atoms with van der Waals surface area (Å²) >= 11 is 0. The van der Waals surface area contributed by atoms with Crippen molar-refractivity contribution < 1.29 is 9.13 Å². The number of methoxy groups -OCH3 is 1. The van der Waals surface area contributed by atoms with Gasteiger partial charge in [0, 0.05) is 17.7 Å². The van der Waals surface area contributed by atoms with E-state index in [4.69, 9.17) is 4.74 Å². The van der Waals surface area contributed by atoms with Gasteiger partial charge in [0.05, 0.1) is 13.2 Å². The SMILES string of the molecule is COc1ccccc1C(C#N)NCc1ccccc1F. The highest BCUT2D eigenvalue weighted by molar-refractivity contribution is 5.38. The van der Waals surface area contributed by atoms with Gasteiger partial charge < -0.3 is 4.74 Å². The zero-order valence-corrected chi connectivity index (χ0v) is 11.1. The third-order valence-corrected chi connectivity index (χ3v) is 3.03. The van der Waals surface area contributed by atoms with Crippen LogP contribution in [-0.4, -0.2) is 7.11 Å². The molecule has 0 radical (unpaired) electrons. The van der Waals surface area contributed by atoms with Crippen molar-refractivity contribution in [3.05, 3.63) is 65.5 Å². The molecule has 1 atom stereocenters. The van der Waals surface area contributed by atoms with Crippen LogP contribution in [0, 0.1) is 17.1 Å².